The molecule has 0 unspecified atom stereocenters. The minimum absolute atomic E-state index is 0.656. The standard InChI is InChI=1S/C15H19N3S/c1-4-16-15(19)17-13-7-9-14(10-8-13)18-11(2)5-6-12(18)3/h5-10H,4H2,1-3H3,(H2,16,17,19). The van der Waals surface area contributed by atoms with Crippen LogP contribution in [0.4, 0.5) is 5.69 Å². The Labute approximate surface area is 119 Å². The lowest BCUT2D eigenvalue weighted by molar-refractivity contribution is 0.965. The highest BCUT2D eigenvalue weighted by atomic mass is 32.1. The largest absolute Gasteiger partial charge is 0.363 e. The van der Waals surface area contributed by atoms with Gasteiger partial charge in [-0.15, -0.1) is 0 Å². The molecular formula is C15H19N3S. The van der Waals surface area contributed by atoms with Gasteiger partial charge in [-0.25, -0.2) is 0 Å². The second kappa shape index (κ2) is 5.89. The lowest BCUT2D eigenvalue weighted by atomic mass is 10.2. The maximum absolute atomic E-state index is 5.16. The summed E-state index contributed by atoms with van der Waals surface area (Å²) in [6.07, 6.45) is 0. The Balaban J connectivity index is 2.17. The Kier molecular flexibility index (Phi) is 4.22. The molecule has 4 heteroatoms. The summed E-state index contributed by atoms with van der Waals surface area (Å²) < 4.78 is 2.23. The van der Waals surface area contributed by atoms with E-state index in [0.29, 0.717) is 5.11 Å². The predicted molar refractivity (Wildman–Crippen MR) is 85.1 cm³/mol. The van der Waals surface area contributed by atoms with E-state index in [1.165, 1.54) is 17.1 Å². The normalized spacial score (nSPS) is 10.3. The topological polar surface area (TPSA) is 29.0 Å². The van der Waals surface area contributed by atoms with Crippen molar-refractivity contribution in [2.75, 3.05) is 11.9 Å². The van der Waals surface area contributed by atoms with E-state index in [4.69, 9.17) is 12.2 Å². The molecule has 1 aromatic carbocycles. The van der Waals surface area contributed by atoms with E-state index < -0.39 is 0 Å². The number of hydrogen-bond acceptors (Lipinski definition) is 1. The third-order valence-electron chi connectivity index (χ3n) is 2.99. The van der Waals surface area contributed by atoms with Crippen molar-refractivity contribution in [1.82, 2.24) is 9.88 Å². The summed E-state index contributed by atoms with van der Waals surface area (Å²) in [5, 5.41) is 6.88. The van der Waals surface area contributed by atoms with E-state index in [1.54, 1.807) is 0 Å². The average molecular weight is 273 g/mol. The zero-order valence-electron chi connectivity index (χ0n) is 11.5. The number of benzene rings is 1. The van der Waals surface area contributed by atoms with Crippen LogP contribution in [-0.4, -0.2) is 16.2 Å². The van der Waals surface area contributed by atoms with Crippen molar-refractivity contribution in [3.8, 4) is 5.69 Å². The number of anilines is 1. The van der Waals surface area contributed by atoms with Gasteiger partial charge in [-0.1, -0.05) is 0 Å². The molecule has 0 amide bonds. The van der Waals surface area contributed by atoms with Gasteiger partial charge in [0.15, 0.2) is 5.11 Å². The number of hydrogen-bond donors (Lipinski definition) is 2. The fourth-order valence-corrected chi connectivity index (χ4v) is 2.37. The summed E-state index contributed by atoms with van der Waals surface area (Å²) in [7, 11) is 0. The first-order chi connectivity index (χ1) is 9.11. The Morgan fingerprint density at radius 1 is 1.05 bits per heavy atom. The lowest BCUT2D eigenvalue weighted by Crippen LogP contribution is -2.27. The fourth-order valence-electron chi connectivity index (χ4n) is 2.11. The van der Waals surface area contributed by atoms with Crippen LogP contribution in [0.2, 0.25) is 0 Å². The molecule has 0 atom stereocenters. The Morgan fingerprint density at radius 3 is 2.16 bits per heavy atom. The van der Waals surface area contributed by atoms with Gasteiger partial charge < -0.3 is 15.2 Å². The third-order valence-corrected chi connectivity index (χ3v) is 3.24. The predicted octanol–water partition coefficient (Wildman–Crippen LogP) is 3.40. The molecule has 2 N–H and O–H groups in total. The van der Waals surface area contributed by atoms with Gasteiger partial charge in [-0.2, -0.15) is 0 Å². The van der Waals surface area contributed by atoms with Gasteiger partial charge in [0.05, 0.1) is 0 Å². The second-order valence-corrected chi connectivity index (χ2v) is 4.89. The van der Waals surface area contributed by atoms with Crippen molar-refractivity contribution in [2.24, 2.45) is 0 Å². The number of aryl methyl sites for hydroxylation is 2. The van der Waals surface area contributed by atoms with Crippen LogP contribution in [0.3, 0.4) is 0 Å². The Hall–Kier alpha value is -1.81. The van der Waals surface area contributed by atoms with Gasteiger partial charge in [0.2, 0.25) is 0 Å². The van der Waals surface area contributed by atoms with Gasteiger partial charge in [0.25, 0.3) is 0 Å². The van der Waals surface area contributed by atoms with Crippen LogP contribution in [-0.2, 0) is 0 Å². The maximum atomic E-state index is 5.16. The summed E-state index contributed by atoms with van der Waals surface area (Å²) in [5.74, 6) is 0. The molecule has 2 aromatic rings. The molecular weight excluding hydrogens is 254 g/mol. The highest BCUT2D eigenvalue weighted by Crippen LogP contribution is 2.18. The van der Waals surface area contributed by atoms with Crippen LogP contribution in [0.15, 0.2) is 36.4 Å². The Bertz CT molecular complexity index is 550. The van der Waals surface area contributed by atoms with Crippen LogP contribution in [0.5, 0.6) is 0 Å². The molecule has 19 heavy (non-hydrogen) atoms. The molecule has 0 bridgehead atoms. The third kappa shape index (κ3) is 3.15. The lowest BCUT2D eigenvalue weighted by Gasteiger charge is -2.12. The monoisotopic (exact) mass is 273 g/mol. The van der Waals surface area contributed by atoms with E-state index in [0.717, 1.165) is 12.2 Å². The molecule has 0 saturated carbocycles. The summed E-state index contributed by atoms with van der Waals surface area (Å²) in [6.45, 7) is 7.07. The van der Waals surface area contributed by atoms with Crippen molar-refractivity contribution in [2.45, 2.75) is 20.8 Å². The first-order valence-electron chi connectivity index (χ1n) is 6.42. The van der Waals surface area contributed by atoms with E-state index in [-0.39, 0.29) is 0 Å². The van der Waals surface area contributed by atoms with Gasteiger partial charge in [0, 0.05) is 29.3 Å². The second-order valence-electron chi connectivity index (χ2n) is 4.48. The molecule has 0 aliphatic rings. The van der Waals surface area contributed by atoms with Crippen LogP contribution in [0.1, 0.15) is 18.3 Å². The van der Waals surface area contributed by atoms with Gasteiger partial charge >= 0.3 is 0 Å². The molecule has 0 saturated heterocycles. The zero-order valence-corrected chi connectivity index (χ0v) is 12.3. The van der Waals surface area contributed by atoms with Crippen molar-refractivity contribution in [3.05, 3.63) is 47.8 Å². The molecule has 0 aliphatic carbocycles. The van der Waals surface area contributed by atoms with Crippen LogP contribution < -0.4 is 10.6 Å². The quantitative estimate of drug-likeness (QED) is 0.840. The van der Waals surface area contributed by atoms with Crippen molar-refractivity contribution in [1.29, 1.82) is 0 Å². The van der Waals surface area contributed by atoms with E-state index in [9.17, 15) is 0 Å². The molecule has 100 valence electrons. The van der Waals surface area contributed by atoms with Gasteiger partial charge in [-0.05, 0) is 69.4 Å². The van der Waals surface area contributed by atoms with Gasteiger partial charge in [0.1, 0.15) is 0 Å². The van der Waals surface area contributed by atoms with Crippen molar-refractivity contribution >= 4 is 23.0 Å². The highest BCUT2D eigenvalue weighted by Gasteiger charge is 2.03. The summed E-state index contributed by atoms with van der Waals surface area (Å²) >= 11 is 5.16. The molecule has 0 fully saturated rings. The molecule has 0 spiro atoms. The summed E-state index contributed by atoms with van der Waals surface area (Å²) in [4.78, 5) is 0. The summed E-state index contributed by atoms with van der Waals surface area (Å²) in [5.41, 5.74) is 4.64. The smallest absolute Gasteiger partial charge is 0.170 e. The first-order valence-corrected chi connectivity index (χ1v) is 6.83. The molecule has 3 nitrogen and oxygen atoms in total. The SMILES string of the molecule is CCNC(=S)Nc1ccc(-n2c(C)ccc2C)cc1. The van der Waals surface area contributed by atoms with Crippen molar-refractivity contribution < 1.29 is 0 Å². The molecule has 0 aliphatic heterocycles. The number of nitrogens with zero attached hydrogens (tertiary/aromatic N) is 1. The van der Waals surface area contributed by atoms with E-state index in [1.807, 2.05) is 19.1 Å². The number of aromatic nitrogens is 1. The van der Waals surface area contributed by atoms with Crippen LogP contribution >= 0.6 is 12.2 Å². The number of nitrogens with one attached hydrogen (secondary N) is 2. The van der Waals surface area contributed by atoms with Crippen molar-refractivity contribution in [3.63, 3.8) is 0 Å². The molecule has 0 radical (unpaired) electrons. The zero-order chi connectivity index (χ0) is 13.8. The van der Waals surface area contributed by atoms with E-state index >= 15 is 0 Å². The van der Waals surface area contributed by atoms with E-state index in [2.05, 4.69) is 53.3 Å². The number of rotatable bonds is 3. The van der Waals surface area contributed by atoms with Crippen LogP contribution in [0, 0.1) is 13.8 Å². The first kappa shape index (κ1) is 13.6. The minimum atomic E-state index is 0.656. The fraction of sp³-hybridized carbons (Fsp3) is 0.267. The van der Waals surface area contributed by atoms with Crippen LogP contribution in [0.25, 0.3) is 5.69 Å². The minimum Gasteiger partial charge on any atom is -0.363 e. The number of thiocarbonyl (C=S) groups is 1. The summed E-state index contributed by atoms with van der Waals surface area (Å²) in [6, 6.07) is 12.5. The Morgan fingerprint density at radius 2 is 1.63 bits per heavy atom. The molecule has 2 rings (SSSR count). The molecule has 1 heterocycles. The maximum Gasteiger partial charge on any atom is 0.170 e. The molecule has 1 aromatic heterocycles. The highest BCUT2D eigenvalue weighted by molar-refractivity contribution is 7.80. The average Bonchev–Trinajstić information content (AvgIpc) is 2.71. The van der Waals surface area contributed by atoms with Gasteiger partial charge in [-0.3, -0.25) is 0 Å².